The Hall–Kier alpha value is -2.83. The molecule has 0 aliphatic heterocycles. The summed E-state index contributed by atoms with van der Waals surface area (Å²) in [4.78, 5) is 27.1. The third-order valence-electron chi connectivity index (χ3n) is 2.85. The van der Waals surface area contributed by atoms with Gasteiger partial charge in [-0.05, 0) is 48.1 Å². The zero-order valence-corrected chi connectivity index (χ0v) is 12.4. The summed E-state index contributed by atoms with van der Waals surface area (Å²) < 4.78 is 124. The minimum Gasteiger partial charge on any atom is -0.497 e. The van der Waals surface area contributed by atoms with Gasteiger partial charge in [-0.2, -0.15) is 0 Å². The van der Waals surface area contributed by atoms with E-state index in [-0.39, 0.29) is 16.5 Å². The van der Waals surface area contributed by atoms with E-state index in [0.29, 0.717) is 0 Å². The van der Waals surface area contributed by atoms with E-state index in [1.807, 2.05) is 0 Å². The molecule has 0 unspecified atom stereocenters. The fraction of sp³-hybridized carbons (Fsp3) is 0.389. The van der Waals surface area contributed by atoms with E-state index in [1.54, 1.807) is 0 Å². The Morgan fingerprint density at radius 1 is 1.28 bits per heavy atom. The van der Waals surface area contributed by atoms with E-state index in [0.717, 1.165) is 12.1 Å². The minimum absolute atomic E-state index is 0.0850. The number of esters is 1. The third kappa shape index (κ3) is 5.34. The first kappa shape index (κ1) is 6.82. The van der Waals surface area contributed by atoms with Gasteiger partial charge in [-0.1, -0.05) is 24.3 Å². The average molecular weight is 362 g/mol. The zero-order valence-electron chi connectivity index (χ0n) is 27.4. The number of carbonyl (C=O) groups is 1. The molecular formula is C18H21NO6. The van der Waals surface area contributed by atoms with Gasteiger partial charge in [0, 0.05) is 11.0 Å². The lowest BCUT2D eigenvalue weighted by Gasteiger charge is -2.13. The molecule has 1 atom stereocenters. The highest BCUT2D eigenvalue weighted by molar-refractivity contribution is 5.86. The van der Waals surface area contributed by atoms with Crippen molar-refractivity contribution in [3.63, 3.8) is 0 Å². The van der Waals surface area contributed by atoms with Crippen molar-refractivity contribution >= 4 is 16.7 Å². The van der Waals surface area contributed by atoms with Crippen molar-refractivity contribution in [1.82, 2.24) is 0 Å². The molecule has 0 aromatic heterocycles. The Kier molecular flexibility index (Phi) is 2.42. The number of nitrogens with zero attached hydrogens (tertiary/aromatic N) is 1. The molecule has 0 heterocycles. The third-order valence-corrected chi connectivity index (χ3v) is 2.85. The number of methoxy groups -OCH3 is 1. The first-order valence-electron chi connectivity index (χ1n) is 14.0. The SMILES string of the molecule is [2H]C([2H])([2H])Oc1ccc2cc([C@@]([2H])(C(=O)OC([2H])([2H])C([2H])([2H])C([2H])([2H])C([2H])([2H])O[N+](=O)[O-])C([2H])([2H])[2H])ccc2c1. The van der Waals surface area contributed by atoms with Crippen LogP contribution in [0, 0.1) is 10.1 Å². The Bertz CT molecular complexity index is 1290. The molecule has 0 spiro atoms. The van der Waals surface area contributed by atoms with Gasteiger partial charge >= 0.3 is 5.97 Å². The molecule has 0 aliphatic rings. The lowest BCUT2D eigenvalue weighted by Crippen LogP contribution is -2.14. The predicted molar refractivity (Wildman–Crippen MR) is 92.1 cm³/mol. The van der Waals surface area contributed by atoms with Crippen molar-refractivity contribution < 1.29 is 44.8 Å². The molecule has 0 fully saturated rings. The number of hydrogen-bond acceptors (Lipinski definition) is 6. The van der Waals surface area contributed by atoms with Gasteiger partial charge in [-0.15, -0.1) is 10.1 Å². The second-order valence-corrected chi connectivity index (χ2v) is 4.36. The van der Waals surface area contributed by atoms with Gasteiger partial charge in [0.15, 0.2) is 0 Å². The maximum Gasteiger partial charge on any atom is 0.313 e. The van der Waals surface area contributed by atoms with Crippen LogP contribution in [-0.2, 0) is 14.4 Å². The first-order valence-corrected chi connectivity index (χ1v) is 6.50. The van der Waals surface area contributed by atoms with E-state index in [1.165, 1.54) is 24.3 Å². The van der Waals surface area contributed by atoms with Gasteiger partial charge in [0.05, 0.1) is 35.6 Å². The molecule has 0 aliphatic carbocycles. The van der Waals surface area contributed by atoms with E-state index in [4.69, 9.17) is 25.3 Å². The summed E-state index contributed by atoms with van der Waals surface area (Å²) in [5.41, 5.74) is -0.610. The number of benzene rings is 2. The van der Waals surface area contributed by atoms with Crippen LogP contribution in [0.15, 0.2) is 36.4 Å². The van der Waals surface area contributed by atoms with Crippen LogP contribution < -0.4 is 4.74 Å². The lowest BCUT2D eigenvalue weighted by molar-refractivity contribution is -0.757. The van der Waals surface area contributed by atoms with Crippen molar-refractivity contribution in [2.45, 2.75) is 25.5 Å². The summed E-state index contributed by atoms with van der Waals surface area (Å²) >= 11 is 0. The fourth-order valence-electron chi connectivity index (χ4n) is 1.79. The minimum atomic E-state index is -4.26. The molecule has 134 valence electrons. The Labute approximate surface area is 166 Å². The predicted octanol–water partition coefficient (Wildman–Crippen LogP) is 3.48. The lowest BCUT2D eigenvalue weighted by atomic mass is 9.98. The number of rotatable bonds is 9. The van der Waals surface area contributed by atoms with Crippen molar-refractivity contribution in [3.05, 3.63) is 52.1 Å². The standard InChI is InChI=1S/C18H21NO6/c1-13(18(20)24-9-3-4-10-25-19(21)22)14-5-6-16-12-17(23-2)8-7-15(16)11-14/h5-8,11-13H,3-4,9-10H2,1-2H3/t13-/m0/s1/i1D3,2D3,3D2,4D2,9D2,10D2,13D. The number of hydrogen-bond donors (Lipinski definition) is 0. The molecule has 0 saturated heterocycles. The average Bonchev–Trinajstić information content (AvgIpc) is 2.74. The van der Waals surface area contributed by atoms with Crippen LogP contribution in [-0.4, -0.2) is 31.2 Å². The molecule has 2 aromatic carbocycles. The van der Waals surface area contributed by atoms with Gasteiger partial charge in [0.25, 0.3) is 5.09 Å². The second kappa shape index (κ2) is 8.86. The van der Waals surface area contributed by atoms with E-state index in [9.17, 15) is 14.9 Å². The van der Waals surface area contributed by atoms with E-state index >= 15 is 0 Å². The summed E-state index contributed by atoms with van der Waals surface area (Å²) in [6.45, 7) is -11.9. The maximum absolute atomic E-state index is 13.1. The van der Waals surface area contributed by atoms with Crippen LogP contribution in [0.2, 0.25) is 0 Å². The van der Waals surface area contributed by atoms with Gasteiger partial charge < -0.3 is 14.3 Å². The Morgan fingerprint density at radius 3 is 2.80 bits per heavy atom. The van der Waals surface area contributed by atoms with Crippen LogP contribution >= 0.6 is 0 Å². The smallest absolute Gasteiger partial charge is 0.313 e. The highest BCUT2D eigenvalue weighted by Crippen LogP contribution is 2.25. The molecule has 2 rings (SSSR count). The van der Waals surface area contributed by atoms with E-state index < -0.39 is 62.3 Å². The molecule has 7 heteroatoms. The van der Waals surface area contributed by atoms with Gasteiger partial charge in [0.2, 0.25) is 0 Å². The largest absolute Gasteiger partial charge is 0.497 e. The van der Waals surface area contributed by atoms with Crippen LogP contribution in [0.5, 0.6) is 5.75 Å². The quantitative estimate of drug-likeness (QED) is 0.385. The van der Waals surface area contributed by atoms with Crippen molar-refractivity contribution in [1.29, 1.82) is 0 Å². The summed E-state index contributed by atoms with van der Waals surface area (Å²) in [6, 6.07) is 6.90. The molecule has 2 aromatic rings. The normalized spacial score (nSPS) is 25.2. The molecule has 0 radical (unpaired) electrons. The fourth-order valence-corrected chi connectivity index (χ4v) is 1.79. The van der Waals surface area contributed by atoms with Crippen molar-refractivity contribution in [3.8, 4) is 5.75 Å². The van der Waals surface area contributed by atoms with Gasteiger partial charge in [-0.3, -0.25) is 4.79 Å². The van der Waals surface area contributed by atoms with Crippen LogP contribution in [0.25, 0.3) is 10.8 Å². The van der Waals surface area contributed by atoms with Crippen LogP contribution in [0.1, 0.15) is 51.6 Å². The molecule has 0 N–H and O–H groups in total. The summed E-state index contributed by atoms with van der Waals surface area (Å²) in [7, 11) is -2.77. The molecule has 25 heavy (non-hydrogen) atoms. The molecule has 7 nitrogen and oxygen atoms in total. The maximum atomic E-state index is 13.1. The van der Waals surface area contributed by atoms with Crippen molar-refractivity contribution in [2.75, 3.05) is 20.2 Å². The molecular weight excluding hydrogens is 326 g/mol. The Morgan fingerprint density at radius 2 is 2.04 bits per heavy atom. The summed E-state index contributed by atoms with van der Waals surface area (Å²) in [5.74, 6) is -5.77. The van der Waals surface area contributed by atoms with Gasteiger partial charge in [-0.25, -0.2) is 0 Å². The molecule has 0 saturated carbocycles. The monoisotopic (exact) mass is 362 g/mol. The van der Waals surface area contributed by atoms with Crippen molar-refractivity contribution in [2.24, 2.45) is 0 Å². The van der Waals surface area contributed by atoms with Crippen LogP contribution in [0.3, 0.4) is 0 Å². The Balaban J connectivity index is 2.55. The molecule has 0 amide bonds. The van der Waals surface area contributed by atoms with Gasteiger partial charge in [0.1, 0.15) is 5.75 Å². The number of carbonyl (C=O) groups excluding carboxylic acids is 1. The highest BCUT2D eigenvalue weighted by atomic mass is 16.9. The number of ether oxygens (including phenoxy) is 2. The summed E-state index contributed by atoms with van der Waals surface area (Å²) in [5, 5.41) is 9.20. The topological polar surface area (TPSA) is 87.9 Å². The first-order chi connectivity index (χ1) is 17.7. The molecule has 0 bridgehead atoms. The van der Waals surface area contributed by atoms with E-state index in [2.05, 4.69) is 9.57 Å². The zero-order chi connectivity index (χ0) is 31.3. The second-order valence-electron chi connectivity index (χ2n) is 4.36. The van der Waals surface area contributed by atoms with Crippen LogP contribution in [0.4, 0.5) is 0 Å². The number of fused-ring (bicyclic) bond motifs is 1. The highest BCUT2D eigenvalue weighted by Gasteiger charge is 2.17. The summed E-state index contributed by atoms with van der Waals surface area (Å²) in [6.07, 6.45) is -8.48.